The third kappa shape index (κ3) is 8.62. The number of para-hydroxylation sites is 1. The summed E-state index contributed by atoms with van der Waals surface area (Å²) in [7, 11) is -3.75. The number of benzene rings is 2. The molecule has 2 rings (SSSR count). The van der Waals surface area contributed by atoms with Gasteiger partial charge in [-0.15, -0.1) is 0 Å². The van der Waals surface area contributed by atoms with Gasteiger partial charge in [-0.1, -0.05) is 56.3 Å². The highest BCUT2D eigenvalue weighted by molar-refractivity contribution is 7.92. The highest BCUT2D eigenvalue weighted by Gasteiger charge is 2.29. The van der Waals surface area contributed by atoms with Crippen LogP contribution in [0.25, 0.3) is 0 Å². The summed E-state index contributed by atoms with van der Waals surface area (Å²) in [6.07, 6.45) is 3.04. The van der Waals surface area contributed by atoms with Crippen LogP contribution in [0.2, 0.25) is 0 Å². The van der Waals surface area contributed by atoms with Crippen LogP contribution in [0.1, 0.15) is 52.0 Å². The molecule has 198 valence electrons. The van der Waals surface area contributed by atoms with E-state index in [0.717, 1.165) is 22.5 Å². The molecule has 0 radical (unpaired) electrons. The van der Waals surface area contributed by atoms with Gasteiger partial charge in [-0.3, -0.25) is 13.9 Å². The topological polar surface area (TPSA) is 86.8 Å². The Bertz CT molecular complexity index is 1100. The summed E-state index contributed by atoms with van der Waals surface area (Å²) >= 11 is 0. The molecule has 2 unspecified atom stereocenters. The van der Waals surface area contributed by atoms with Crippen molar-refractivity contribution < 1.29 is 22.4 Å². The van der Waals surface area contributed by atoms with E-state index in [0.29, 0.717) is 19.4 Å². The Balaban J connectivity index is 2.17. The van der Waals surface area contributed by atoms with E-state index in [4.69, 9.17) is 0 Å². The first kappa shape index (κ1) is 29.3. The minimum Gasteiger partial charge on any atom is -0.352 e. The SMILES string of the molecule is CCC(C)NC(=O)C(CC)N(CCc1ccccc1)C(=O)CCCN(c1ccccc1F)S(C)(=O)=O. The molecule has 0 aliphatic rings. The number of carbonyl (C=O) groups excluding carboxylic acids is 2. The molecular weight excluding hydrogens is 481 g/mol. The molecule has 0 saturated heterocycles. The zero-order valence-corrected chi connectivity index (χ0v) is 22.4. The Labute approximate surface area is 214 Å². The van der Waals surface area contributed by atoms with Gasteiger partial charge in [-0.25, -0.2) is 12.8 Å². The van der Waals surface area contributed by atoms with Crippen LogP contribution in [0.5, 0.6) is 0 Å². The van der Waals surface area contributed by atoms with Crippen molar-refractivity contribution in [2.75, 3.05) is 23.7 Å². The minimum atomic E-state index is -3.75. The molecule has 2 aromatic carbocycles. The van der Waals surface area contributed by atoms with E-state index in [-0.39, 0.29) is 42.9 Å². The van der Waals surface area contributed by atoms with Crippen LogP contribution in [-0.2, 0) is 26.0 Å². The summed E-state index contributed by atoms with van der Waals surface area (Å²) in [5.74, 6) is -1.08. The molecule has 7 nitrogen and oxygen atoms in total. The fourth-order valence-electron chi connectivity index (χ4n) is 3.97. The molecule has 0 aromatic heterocycles. The van der Waals surface area contributed by atoms with Gasteiger partial charge in [0, 0.05) is 25.6 Å². The Kier molecular flexibility index (Phi) is 11.4. The maximum absolute atomic E-state index is 14.3. The summed E-state index contributed by atoms with van der Waals surface area (Å²) in [5, 5.41) is 2.97. The Hall–Kier alpha value is -2.94. The number of hydrogen-bond acceptors (Lipinski definition) is 4. The van der Waals surface area contributed by atoms with Gasteiger partial charge in [0.2, 0.25) is 21.8 Å². The van der Waals surface area contributed by atoms with Crippen LogP contribution in [0, 0.1) is 5.82 Å². The largest absolute Gasteiger partial charge is 0.352 e. The average molecular weight is 520 g/mol. The molecule has 0 aliphatic carbocycles. The zero-order valence-electron chi connectivity index (χ0n) is 21.6. The summed E-state index contributed by atoms with van der Waals surface area (Å²) in [5.41, 5.74) is 1.00. The van der Waals surface area contributed by atoms with E-state index in [1.54, 1.807) is 11.0 Å². The molecule has 2 aromatic rings. The molecular formula is C27H38FN3O4S. The van der Waals surface area contributed by atoms with Crippen molar-refractivity contribution in [3.8, 4) is 0 Å². The normalized spacial score (nSPS) is 13.0. The molecule has 9 heteroatoms. The number of nitrogens with zero attached hydrogens (tertiary/aromatic N) is 2. The Morgan fingerprint density at radius 3 is 2.19 bits per heavy atom. The third-order valence-corrected chi connectivity index (χ3v) is 7.32. The average Bonchev–Trinajstić information content (AvgIpc) is 2.84. The fourth-order valence-corrected chi connectivity index (χ4v) is 4.94. The molecule has 2 atom stereocenters. The molecule has 0 bridgehead atoms. The quantitative estimate of drug-likeness (QED) is 0.407. The van der Waals surface area contributed by atoms with Gasteiger partial charge in [0.25, 0.3) is 0 Å². The van der Waals surface area contributed by atoms with Crippen LogP contribution in [0.4, 0.5) is 10.1 Å². The van der Waals surface area contributed by atoms with Crippen LogP contribution in [0.3, 0.4) is 0 Å². The van der Waals surface area contributed by atoms with Gasteiger partial charge in [0.15, 0.2) is 0 Å². The van der Waals surface area contributed by atoms with Crippen molar-refractivity contribution in [2.24, 2.45) is 0 Å². The molecule has 1 N–H and O–H groups in total. The van der Waals surface area contributed by atoms with Crippen molar-refractivity contribution >= 4 is 27.5 Å². The second-order valence-electron chi connectivity index (χ2n) is 8.95. The Morgan fingerprint density at radius 1 is 0.972 bits per heavy atom. The molecule has 0 spiro atoms. The lowest BCUT2D eigenvalue weighted by molar-refractivity contribution is -0.141. The zero-order chi connectivity index (χ0) is 26.7. The smallest absolute Gasteiger partial charge is 0.243 e. The van der Waals surface area contributed by atoms with Crippen LogP contribution in [-0.4, -0.2) is 56.6 Å². The molecule has 0 aliphatic heterocycles. The summed E-state index contributed by atoms with van der Waals surface area (Å²) < 4.78 is 40.0. The van der Waals surface area contributed by atoms with Gasteiger partial charge in [0.1, 0.15) is 11.9 Å². The number of rotatable bonds is 14. The van der Waals surface area contributed by atoms with E-state index < -0.39 is 21.9 Å². The molecule has 0 heterocycles. The maximum Gasteiger partial charge on any atom is 0.243 e. The van der Waals surface area contributed by atoms with E-state index in [2.05, 4.69) is 5.32 Å². The van der Waals surface area contributed by atoms with Gasteiger partial charge in [-0.2, -0.15) is 0 Å². The third-order valence-electron chi connectivity index (χ3n) is 6.14. The maximum atomic E-state index is 14.3. The summed E-state index contributed by atoms with van der Waals surface area (Å²) in [6.45, 7) is 6.08. The number of nitrogens with one attached hydrogen (secondary N) is 1. The van der Waals surface area contributed by atoms with Gasteiger partial charge < -0.3 is 10.2 Å². The van der Waals surface area contributed by atoms with Crippen molar-refractivity contribution in [2.45, 2.75) is 65.0 Å². The number of halogens is 1. The predicted molar refractivity (Wildman–Crippen MR) is 142 cm³/mol. The highest BCUT2D eigenvalue weighted by atomic mass is 32.2. The predicted octanol–water partition coefficient (Wildman–Crippen LogP) is 4.14. The first-order valence-electron chi connectivity index (χ1n) is 12.4. The molecule has 2 amide bonds. The molecule has 0 saturated carbocycles. The number of carbonyl (C=O) groups is 2. The fraction of sp³-hybridized carbons (Fsp3) is 0.481. The standard InChI is InChI=1S/C27H38FN3O4S/c1-5-21(3)29-27(33)24(6-2)30(20-18-22-13-8-7-9-14-22)26(32)17-12-19-31(36(4,34)35)25-16-11-10-15-23(25)28/h7-11,13-16,21,24H,5-6,12,17-20H2,1-4H3,(H,29,33). The lowest BCUT2D eigenvalue weighted by Gasteiger charge is -2.32. The Morgan fingerprint density at radius 2 is 1.61 bits per heavy atom. The summed E-state index contributed by atoms with van der Waals surface area (Å²) in [6, 6.07) is 14.7. The number of amides is 2. The van der Waals surface area contributed by atoms with Crippen molar-refractivity contribution in [1.82, 2.24) is 10.2 Å². The molecule has 0 fully saturated rings. The van der Waals surface area contributed by atoms with Crippen molar-refractivity contribution in [1.29, 1.82) is 0 Å². The first-order chi connectivity index (χ1) is 17.1. The van der Waals surface area contributed by atoms with Crippen LogP contribution < -0.4 is 9.62 Å². The number of sulfonamides is 1. The van der Waals surface area contributed by atoms with Crippen LogP contribution in [0.15, 0.2) is 54.6 Å². The molecule has 36 heavy (non-hydrogen) atoms. The van der Waals surface area contributed by atoms with Gasteiger partial charge in [0.05, 0.1) is 11.9 Å². The van der Waals surface area contributed by atoms with Crippen LogP contribution >= 0.6 is 0 Å². The van der Waals surface area contributed by atoms with E-state index in [1.165, 1.54) is 18.2 Å². The van der Waals surface area contributed by atoms with Crippen molar-refractivity contribution in [3.05, 3.63) is 66.0 Å². The van der Waals surface area contributed by atoms with Gasteiger partial charge >= 0.3 is 0 Å². The number of anilines is 1. The van der Waals surface area contributed by atoms with E-state index in [1.807, 2.05) is 51.1 Å². The first-order valence-corrected chi connectivity index (χ1v) is 14.3. The number of hydrogen-bond donors (Lipinski definition) is 1. The monoisotopic (exact) mass is 519 g/mol. The lowest BCUT2D eigenvalue weighted by atomic mass is 10.1. The van der Waals surface area contributed by atoms with Crippen molar-refractivity contribution in [3.63, 3.8) is 0 Å². The van der Waals surface area contributed by atoms with E-state index >= 15 is 0 Å². The summed E-state index contributed by atoms with van der Waals surface area (Å²) in [4.78, 5) is 28.0. The van der Waals surface area contributed by atoms with Gasteiger partial charge in [-0.05, 0) is 50.3 Å². The highest BCUT2D eigenvalue weighted by Crippen LogP contribution is 2.22. The van der Waals surface area contributed by atoms with E-state index in [9.17, 15) is 22.4 Å². The second kappa shape index (κ2) is 14.0. The minimum absolute atomic E-state index is 0.0123. The second-order valence-corrected chi connectivity index (χ2v) is 10.9. The lowest BCUT2D eigenvalue weighted by Crippen LogP contribution is -2.51.